The molecule has 186 valence electrons. The molecule has 0 aromatic carbocycles. The maximum atomic E-state index is 12.8. The third-order valence-corrected chi connectivity index (χ3v) is 8.31. The monoisotopic (exact) mass is 539 g/mol. The highest BCUT2D eigenvalue weighted by atomic mass is 32.2. The number of aliphatic hydroxyl groups is 1. The molecule has 2 aliphatic heterocycles. The number of carboxylic acid groups (broad SMARTS) is 1. The molecule has 0 saturated carbocycles. The minimum atomic E-state index is -1.40. The van der Waals surface area contributed by atoms with Crippen LogP contribution in [0.4, 0.5) is 0 Å². The molecule has 2 aromatic heterocycles. The predicted molar refractivity (Wildman–Crippen MR) is 126 cm³/mol. The molecule has 4 rings (SSSR count). The molecule has 2 aromatic rings. The first-order valence-electron chi connectivity index (χ1n) is 10.4. The van der Waals surface area contributed by atoms with Gasteiger partial charge in [0.25, 0.3) is 11.8 Å². The van der Waals surface area contributed by atoms with E-state index in [0.29, 0.717) is 27.2 Å². The Hall–Kier alpha value is -2.88. The van der Waals surface area contributed by atoms with Crippen molar-refractivity contribution in [2.75, 3.05) is 18.1 Å². The van der Waals surface area contributed by atoms with Crippen LogP contribution in [0.5, 0.6) is 0 Å². The van der Waals surface area contributed by atoms with E-state index in [9.17, 15) is 29.4 Å². The molecule has 0 bridgehead atoms. The number of carboxylic acids is 1. The Morgan fingerprint density at radius 1 is 1.43 bits per heavy atom. The van der Waals surface area contributed by atoms with E-state index < -0.39 is 41.3 Å². The molecule has 2 unspecified atom stereocenters. The Balaban J connectivity index is 1.40. The normalized spacial score (nSPS) is 20.2. The van der Waals surface area contributed by atoms with E-state index in [0.717, 1.165) is 0 Å². The van der Waals surface area contributed by atoms with Gasteiger partial charge < -0.3 is 20.3 Å². The molecular formula is C20H21N5O7S3. The number of carbonyl (C=O) groups excluding carboxylic acids is 3. The van der Waals surface area contributed by atoms with E-state index in [1.165, 1.54) is 39.8 Å². The van der Waals surface area contributed by atoms with Gasteiger partial charge in [-0.1, -0.05) is 17.8 Å². The summed E-state index contributed by atoms with van der Waals surface area (Å²) in [5.41, 5.74) is 0.384. The van der Waals surface area contributed by atoms with Gasteiger partial charge in [0, 0.05) is 16.4 Å². The average Bonchev–Trinajstić information content (AvgIpc) is 3.52. The topological polar surface area (TPSA) is 175 Å². The third kappa shape index (κ3) is 5.37. The number of nitrogens with one attached hydrogen (secondary N) is 2. The number of rotatable bonds is 10. The zero-order chi connectivity index (χ0) is 25.1. The second kappa shape index (κ2) is 10.8. The SMILES string of the molecule is CCOC(=O)Cc1nc(SCC2=C(C(=O)O)N3C(=O)C(NC(=O)C(O)c4cccs4)[C@H]3SC2)n[nH]1. The fraction of sp³-hybridized carbons (Fsp3) is 0.400. The van der Waals surface area contributed by atoms with Crippen LogP contribution >= 0.6 is 34.9 Å². The first kappa shape index (κ1) is 25.2. The largest absolute Gasteiger partial charge is 0.477 e. The van der Waals surface area contributed by atoms with Crippen LogP contribution in [0.2, 0.25) is 0 Å². The summed E-state index contributed by atoms with van der Waals surface area (Å²) in [6.45, 7) is 1.96. The van der Waals surface area contributed by atoms with Gasteiger partial charge in [-0.2, -0.15) is 0 Å². The predicted octanol–water partition coefficient (Wildman–Crippen LogP) is 0.536. The second-order valence-electron chi connectivity index (χ2n) is 7.41. The standard InChI is InChI=1S/C20H21N5O7S3/c1-2-32-12(26)6-11-21-20(24-23-11)35-8-9-7-34-18-13(17(29)25(18)14(9)19(30)31)22-16(28)15(27)10-4-3-5-33-10/h3-5,13,15,18,27H,2,6-8H2,1H3,(H,22,28)(H,30,31)(H,21,23,24)/t13?,15?,18-/m1/s1. The fourth-order valence-electron chi connectivity index (χ4n) is 3.52. The van der Waals surface area contributed by atoms with Gasteiger partial charge in [-0.3, -0.25) is 24.4 Å². The lowest BCUT2D eigenvalue weighted by atomic mass is 10.0. The Kier molecular flexibility index (Phi) is 7.78. The van der Waals surface area contributed by atoms with Crippen molar-refractivity contribution in [2.24, 2.45) is 0 Å². The highest BCUT2D eigenvalue weighted by molar-refractivity contribution is 8.01. The molecule has 0 aliphatic carbocycles. The number of H-pyrrole nitrogens is 1. The lowest BCUT2D eigenvalue weighted by Gasteiger charge is -2.49. The number of aliphatic carboxylic acids is 1. The number of nitrogens with zero attached hydrogens (tertiary/aromatic N) is 3. The van der Waals surface area contributed by atoms with Crippen LogP contribution < -0.4 is 5.32 Å². The van der Waals surface area contributed by atoms with E-state index in [2.05, 4.69) is 20.5 Å². The Labute approximate surface area is 211 Å². The van der Waals surface area contributed by atoms with Crippen LogP contribution in [0.1, 0.15) is 23.7 Å². The van der Waals surface area contributed by atoms with Crippen molar-refractivity contribution >= 4 is 58.6 Å². The number of esters is 1. The van der Waals surface area contributed by atoms with E-state index >= 15 is 0 Å². The van der Waals surface area contributed by atoms with Gasteiger partial charge in [-0.05, 0) is 23.9 Å². The van der Waals surface area contributed by atoms with Gasteiger partial charge in [-0.15, -0.1) is 28.2 Å². The van der Waals surface area contributed by atoms with Crippen LogP contribution in [0.25, 0.3) is 0 Å². The summed E-state index contributed by atoms with van der Waals surface area (Å²) < 4.78 is 4.87. The Morgan fingerprint density at radius 2 is 2.23 bits per heavy atom. The lowest BCUT2D eigenvalue weighted by Crippen LogP contribution is -2.70. The van der Waals surface area contributed by atoms with Crippen molar-refractivity contribution < 1.29 is 34.1 Å². The van der Waals surface area contributed by atoms with Crippen LogP contribution in [-0.2, 0) is 30.3 Å². The molecule has 1 saturated heterocycles. The summed E-state index contributed by atoms with van der Waals surface area (Å²) in [6.07, 6.45) is -1.46. The van der Waals surface area contributed by atoms with Crippen molar-refractivity contribution in [3.8, 4) is 0 Å². The molecule has 4 N–H and O–H groups in total. The molecular weight excluding hydrogens is 518 g/mol. The molecule has 3 atom stereocenters. The van der Waals surface area contributed by atoms with Crippen LogP contribution in [0, 0.1) is 0 Å². The Bertz CT molecular complexity index is 1170. The maximum Gasteiger partial charge on any atom is 0.352 e. The zero-order valence-electron chi connectivity index (χ0n) is 18.3. The number of hydrogen-bond donors (Lipinski definition) is 4. The molecule has 2 amide bonds. The lowest BCUT2D eigenvalue weighted by molar-refractivity contribution is -0.151. The molecule has 12 nitrogen and oxygen atoms in total. The summed E-state index contributed by atoms with van der Waals surface area (Å²) in [5, 5.41) is 30.7. The van der Waals surface area contributed by atoms with Gasteiger partial charge in [0.15, 0.2) is 6.10 Å². The number of amides is 2. The third-order valence-electron chi connectivity index (χ3n) is 5.11. The molecule has 0 radical (unpaired) electrons. The van der Waals surface area contributed by atoms with Gasteiger partial charge in [0.1, 0.15) is 29.4 Å². The number of hydrogen-bond acceptors (Lipinski definition) is 11. The summed E-state index contributed by atoms with van der Waals surface area (Å²) in [6, 6.07) is 2.39. The van der Waals surface area contributed by atoms with E-state index in [1.54, 1.807) is 24.4 Å². The maximum absolute atomic E-state index is 12.8. The number of thioether (sulfide) groups is 2. The first-order valence-corrected chi connectivity index (χ1v) is 13.3. The van der Waals surface area contributed by atoms with Crippen molar-refractivity contribution in [1.29, 1.82) is 0 Å². The van der Waals surface area contributed by atoms with Crippen molar-refractivity contribution in [3.63, 3.8) is 0 Å². The van der Waals surface area contributed by atoms with E-state index in [1.807, 2.05) is 0 Å². The van der Waals surface area contributed by atoms with Gasteiger partial charge in [0.05, 0.1) is 6.61 Å². The number of ether oxygens (including phenoxy) is 1. The molecule has 1 fully saturated rings. The summed E-state index contributed by atoms with van der Waals surface area (Å²) in [5.74, 6) is -2.08. The highest BCUT2D eigenvalue weighted by Crippen LogP contribution is 2.41. The minimum Gasteiger partial charge on any atom is -0.477 e. The zero-order valence-corrected chi connectivity index (χ0v) is 20.7. The molecule has 4 heterocycles. The van der Waals surface area contributed by atoms with Crippen molar-refractivity contribution in [1.82, 2.24) is 25.4 Å². The van der Waals surface area contributed by atoms with Crippen molar-refractivity contribution in [2.45, 2.75) is 36.0 Å². The van der Waals surface area contributed by atoms with Gasteiger partial charge >= 0.3 is 11.9 Å². The number of β-lactam (4-membered cyclic amide) rings is 1. The number of aromatic nitrogens is 3. The molecule has 0 spiro atoms. The Morgan fingerprint density at radius 3 is 2.91 bits per heavy atom. The average molecular weight is 540 g/mol. The number of aliphatic hydroxyl groups excluding tert-OH is 1. The fourth-order valence-corrected chi connectivity index (χ4v) is 6.53. The van der Waals surface area contributed by atoms with E-state index in [-0.39, 0.29) is 24.5 Å². The number of aromatic amines is 1. The first-order chi connectivity index (χ1) is 16.8. The molecule has 2 aliphatic rings. The van der Waals surface area contributed by atoms with Crippen LogP contribution in [0.3, 0.4) is 0 Å². The second-order valence-corrected chi connectivity index (χ2v) is 10.4. The van der Waals surface area contributed by atoms with Crippen LogP contribution in [-0.4, -0.2) is 83.6 Å². The van der Waals surface area contributed by atoms with Crippen molar-refractivity contribution in [3.05, 3.63) is 39.5 Å². The number of carbonyl (C=O) groups is 4. The minimum absolute atomic E-state index is 0.0570. The summed E-state index contributed by atoms with van der Waals surface area (Å²) in [7, 11) is 0. The highest BCUT2D eigenvalue weighted by Gasteiger charge is 2.54. The smallest absolute Gasteiger partial charge is 0.352 e. The number of thiophene rings is 1. The van der Waals surface area contributed by atoms with Crippen LogP contribution in [0.15, 0.2) is 33.9 Å². The van der Waals surface area contributed by atoms with Gasteiger partial charge in [-0.25, -0.2) is 9.78 Å². The molecule has 35 heavy (non-hydrogen) atoms. The molecule has 15 heteroatoms. The number of fused-ring (bicyclic) bond motifs is 1. The summed E-state index contributed by atoms with van der Waals surface area (Å²) in [4.78, 5) is 54.6. The van der Waals surface area contributed by atoms with E-state index in [4.69, 9.17) is 4.74 Å². The quantitative estimate of drug-likeness (QED) is 0.188. The van der Waals surface area contributed by atoms with Gasteiger partial charge in [0.2, 0.25) is 5.16 Å². The summed E-state index contributed by atoms with van der Waals surface area (Å²) >= 11 is 3.71.